The fraction of sp³-hybridized carbons (Fsp3) is 0.240. The summed E-state index contributed by atoms with van der Waals surface area (Å²) in [5, 5.41) is 0.453. The molecule has 0 saturated heterocycles. The van der Waals surface area contributed by atoms with Crippen LogP contribution in [0.5, 0.6) is 0 Å². The van der Waals surface area contributed by atoms with E-state index in [1.165, 1.54) is 16.4 Å². The highest BCUT2D eigenvalue weighted by molar-refractivity contribution is 9.10. The third-order valence-corrected chi connectivity index (χ3v) is 8.39. The minimum atomic E-state index is -3.89. The molecule has 0 unspecified atom stereocenters. The molecule has 0 spiro atoms. The maximum absolute atomic E-state index is 13.5. The van der Waals surface area contributed by atoms with E-state index in [-0.39, 0.29) is 29.9 Å². The number of hydrogen-bond donors (Lipinski definition) is 0. The van der Waals surface area contributed by atoms with Crippen LogP contribution in [0.15, 0.2) is 82.2 Å². The zero-order valence-electron chi connectivity index (χ0n) is 18.1. The number of benzene rings is 3. The Kier molecular flexibility index (Phi) is 7.24. The number of carbonyl (C=O) groups is 1. The van der Waals surface area contributed by atoms with E-state index in [1.807, 2.05) is 55.5 Å². The Morgan fingerprint density at radius 1 is 1.09 bits per heavy atom. The molecule has 1 aliphatic heterocycles. The molecule has 8 heteroatoms. The van der Waals surface area contributed by atoms with Crippen molar-refractivity contribution in [2.45, 2.75) is 30.7 Å². The average molecular weight is 548 g/mol. The third kappa shape index (κ3) is 5.32. The maximum Gasteiger partial charge on any atom is 0.243 e. The monoisotopic (exact) mass is 546 g/mol. The topological polar surface area (TPSA) is 57.7 Å². The first kappa shape index (κ1) is 24.0. The first-order valence-corrected chi connectivity index (χ1v) is 13.3. The fourth-order valence-corrected chi connectivity index (χ4v) is 6.07. The van der Waals surface area contributed by atoms with Crippen molar-refractivity contribution in [3.8, 4) is 0 Å². The molecule has 0 saturated carbocycles. The Morgan fingerprint density at radius 3 is 2.48 bits per heavy atom. The zero-order valence-corrected chi connectivity index (χ0v) is 21.3. The van der Waals surface area contributed by atoms with Crippen molar-refractivity contribution in [2.24, 2.45) is 0 Å². The van der Waals surface area contributed by atoms with Gasteiger partial charge in [0.15, 0.2) is 0 Å². The second kappa shape index (κ2) is 9.97. The summed E-state index contributed by atoms with van der Waals surface area (Å²) in [5.41, 5.74) is 2.91. The molecule has 0 fully saturated rings. The van der Waals surface area contributed by atoms with Crippen LogP contribution < -0.4 is 4.90 Å². The fourth-order valence-electron chi connectivity index (χ4n) is 4.15. The van der Waals surface area contributed by atoms with Gasteiger partial charge in [-0.05, 0) is 73.4 Å². The van der Waals surface area contributed by atoms with Gasteiger partial charge in [0.2, 0.25) is 15.9 Å². The zero-order chi connectivity index (χ0) is 23.6. The number of amides is 1. The van der Waals surface area contributed by atoms with E-state index in [4.69, 9.17) is 11.6 Å². The lowest BCUT2D eigenvalue weighted by Crippen LogP contribution is -2.45. The van der Waals surface area contributed by atoms with Crippen LogP contribution in [0.2, 0.25) is 5.02 Å². The molecule has 0 radical (unpaired) electrons. The standard InChI is InChI=1S/C25H24BrClN2O3S/c1-18-15-20-16-21(26)7-12-24(20)29(18)25(30)17-28(14-13-19-5-3-2-4-6-19)33(31,32)23-10-8-22(27)9-11-23/h2-12,16,18H,13-15,17H2,1H3/t18-/m0/s1. The highest BCUT2D eigenvalue weighted by Crippen LogP contribution is 2.34. The summed E-state index contributed by atoms with van der Waals surface area (Å²) < 4.78 is 29.2. The molecule has 0 aliphatic carbocycles. The van der Waals surface area contributed by atoms with Crippen LogP contribution in [0.25, 0.3) is 0 Å². The van der Waals surface area contributed by atoms with E-state index in [9.17, 15) is 13.2 Å². The molecular weight excluding hydrogens is 524 g/mol. The highest BCUT2D eigenvalue weighted by atomic mass is 79.9. The van der Waals surface area contributed by atoms with Crippen LogP contribution in [-0.2, 0) is 27.7 Å². The molecule has 0 aromatic heterocycles. The van der Waals surface area contributed by atoms with Gasteiger partial charge in [-0.15, -0.1) is 0 Å². The smallest absolute Gasteiger partial charge is 0.243 e. The van der Waals surface area contributed by atoms with Crippen molar-refractivity contribution in [1.29, 1.82) is 0 Å². The molecule has 4 rings (SSSR count). The first-order chi connectivity index (χ1) is 15.8. The molecule has 0 bridgehead atoms. The third-order valence-electron chi connectivity index (χ3n) is 5.78. The Balaban J connectivity index is 1.62. The number of carbonyl (C=O) groups excluding carboxylic acids is 1. The Labute approximate surface area is 208 Å². The van der Waals surface area contributed by atoms with E-state index < -0.39 is 10.0 Å². The van der Waals surface area contributed by atoms with Gasteiger partial charge in [0.1, 0.15) is 0 Å². The van der Waals surface area contributed by atoms with Crippen molar-refractivity contribution < 1.29 is 13.2 Å². The summed E-state index contributed by atoms with van der Waals surface area (Å²) in [7, 11) is -3.89. The largest absolute Gasteiger partial charge is 0.308 e. The summed E-state index contributed by atoms with van der Waals surface area (Å²) in [5.74, 6) is -0.242. The molecule has 5 nitrogen and oxygen atoms in total. The maximum atomic E-state index is 13.5. The molecule has 1 heterocycles. The molecule has 33 heavy (non-hydrogen) atoms. The van der Waals surface area contributed by atoms with Crippen molar-refractivity contribution >= 4 is 49.1 Å². The molecule has 172 valence electrons. The van der Waals surface area contributed by atoms with Crippen LogP contribution in [0, 0.1) is 0 Å². The summed E-state index contributed by atoms with van der Waals surface area (Å²) in [6, 6.07) is 21.5. The second-order valence-corrected chi connectivity index (χ2v) is 11.4. The molecule has 3 aromatic carbocycles. The molecular formula is C25H24BrClN2O3S. The summed E-state index contributed by atoms with van der Waals surface area (Å²) in [6.45, 7) is 1.93. The normalized spacial score (nSPS) is 15.6. The van der Waals surface area contributed by atoms with E-state index >= 15 is 0 Å². The van der Waals surface area contributed by atoms with Gasteiger partial charge in [-0.2, -0.15) is 4.31 Å². The lowest BCUT2D eigenvalue weighted by Gasteiger charge is -2.27. The minimum absolute atomic E-state index is 0.0454. The Bertz CT molecular complexity index is 1250. The van der Waals surface area contributed by atoms with Gasteiger partial charge < -0.3 is 4.90 Å². The van der Waals surface area contributed by atoms with Gasteiger partial charge in [0, 0.05) is 27.8 Å². The number of rotatable bonds is 7. The number of halogens is 2. The lowest BCUT2D eigenvalue weighted by molar-refractivity contribution is -0.119. The first-order valence-electron chi connectivity index (χ1n) is 10.7. The highest BCUT2D eigenvalue weighted by Gasteiger charge is 2.34. The number of nitrogens with zero attached hydrogens (tertiary/aromatic N) is 2. The molecule has 3 aromatic rings. The van der Waals surface area contributed by atoms with Crippen LogP contribution in [0.1, 0.15) is 18.1 Å². The quantitative estimate of drug-likeness (QED) is 0.403. The van der Waals surface area contributed by atoms with E-state index in [2.05, 4.69) is 15.9 Å². The van der Waals surface area contributed by atoms with E-state index in [0.717, 1.165) is 27.7 Å². The molecule has 1 aliphatic rings. The van der Waals surface area contributed by atoms with Crippen molar-refractivity contribution in [3.05, 3.63) is 93.4 Å². The van der Waals surface area contributed by atoms with E-state index in [1.54, 1.807) is 17.0 Å². The van der Waals surface area contributed by atoms with Gasteiger partial charge in [0.05, 0.1) is 11.4 Å². The van der Waals surface area contributed by atoms with Crippen molar-refractivity contribution in [2.75, 3.05) is 18.0 Å². The molecule has 1 amide bonds. The van der Waals surface area contributed by atoms with Gasteiger partial charge in [-0.1, -0.05) is 57.9 Å². The van der Waals surface area contributed by atoms with Gasteiger partial charge >= 0.3 is 0 Å². The van der Waals surface area contributed by atoms with Gasteiger partial charge in [0.25, 0.3) is 0 Å². The average Bonchev–Trinajstić information content (AvgIpc) is 3.12. The summed E-state index contributed by atoms with van der Waals surface area (Å²) in [4.78, 5) is 15.3. The number of anilines is 1. The van der Waals surface area contributed by atoms with E-state index in [0.29, 0.717) is 11.4 Å². The van der Waals surface area contributed by atoms with Crippen LogP contribution in [-0.4, -0.2) is 37.8 Å². The molecule has 0 N–H and O–H groups in total. The van der Waals surface area contributed by atoms with Crippen LogP contribution in [0.3, 0.4) is 0 Å². The SMILES string of the molecule is C[C@H]1Cc2cc(Br)ccc2N1C(=O)CN(CCc1ccccc1)S(=O)(=O)c1ccc(Cl)cc1. The Hall–Kier alpha value is -2.19. The lowest BCUT2D eigenvalue weighted by atomic mass is 10.1. The molecule has 1 atom stereocenters. The summed E-state index contributed by atoms with van der Waals surface area (Å²) >= 11 is 9.44. The van der Waals surface area contributed by atoms with Gasteiger partial charge in [-0.3, -0.25) is 4.79 Å². The number of fused-ring (bicyclic) bond motifs is 1. The summed E-state index contributed by atoms with van der Waals surface area (Å²) in [6.07, 6.45) is 1.23. The van der Waals surface area contributed by atoms with Crippen LogP contribution >= 0.6 is 27.5 Å². The van der Waals surface area contributed by atoms with Crippen molar-refractivity contribution in [3.63, 3.8) is 0 Å². The predicted molar refractivity (Wildman–Crippen MR) is 135 cm³/mol. The number of sulfonamides is 1. The second-order valence-electron chi connectivity index (χ2n) is 8.12. The number of hydrogen-bond acceptors (Lipinski definition) is 3. The van der Waals surface area contributed by atoms with Crippen molar-refractivity contribution in [1.82, 2.24) is 4.31 Å². The predicted octanol–water partition coefficient (Wildman–Crippen LogP) is 5.31. The Morgan fingerprint density at radius 2 is 1.79 bits per heavy atom. The van der Waals surface area contributed by atoms with Gasteiger partial charge in [-0.25, -0.2) is 8.42 Å². The van der Waals surface area contributed by atoms with Crippen LogP contribution in [0.4, 0.5) is 5.69 Å². The minimum Gasteiger partial charge on any atom is -0.308 e.